The summed E-state index contributed by atoms with van der Waals surface area (Å²) >= 11 is 9.40. The van der Waals surface area contributed by atoms with Gasteiger partial charge >= 0.3 is 0 Å². The molecule has 0 spiro atoms. The predicted molar refractivity (Wildman–Crippen MR) is 89.5 cm³/mol. The van der Waals surface area contributed by atoms with Crippen molar-refractivity contribution in [2.75, 3.05) is 18.1 Å². The lowest BCUT2D eigenvalue weighted by Crippen LogP contribution is -2.19. The minimum Gasteiger partial charge on any atom is -0.398 e. The number of benzene rings is 2. The van der Waals surface area contributed by atoms with E-state index in [9.17, 15) is 8.42 Å². The molecule has 0 saturated carbocycles. The number of nitrogens with one attached hydrogen (secondary N) is 2. The number of nitrogens with two attached hydrogens (primary N) is 1. The van der Waals surface area contributed by atoms with E-state index in [1.165, 1.54) is 13.1 Å². The average Bonchev–Trinajstić information content (AvgIpc) is 2.44. The van der Waals surface area contributed by atoms with Crippen LogP contribution in [0.25, 0.3) is 0 Å². The number of sulfonamides is 1. The van der Waals surface area contributed by atoms with Crippen LogP contribution in [-0.4, -0.2) is 15.5 Å². The van der Waals surface area contributed by atoms with Gasteiger partial charge in [0.2, 0.25) is 10.0 Å². The van der Waals surface area contributed by atoms with E-state index >= 15 is 0 Å². The first-order valence-electron chi connectivity index (χ1n) is 5.89. The molecule has 2 rings (SSSR count). The van der Waals surface area contributed by atoms with E-state index in [-0.39, 0.29) is 10.6 Å². The molecule has 0 bridgehead atoms. The number of anilines is 3. The quantitative estimate of drug-likeness (QED) is 0.699. The lowest BCUT2D eigenvalue weighted by molar-refractivity contribution is 0.588. The molecule has 0 aliphatic rings. The molecule has 21 heavy (non-hydrogen) atoms. The number of hydrogen-bond acceptors (Lipinski definition) is 4. The van der Waals surface area contributed by atoms with Gasteiger partial charge in [0.1, 0.15) is 4.90 Å². The Kier molecular flexibility index (Phi) is 4.77. The van der Waals surface area contributed by atoms with Crippen molar-refractivity contribution in [1.82, 2.24) is 4.72 Å². The highest BCUT2D eigenvalue weighted by molar-refractivity contribution is 9.10. The van der Waals surface area contributed by atoms with E-state index in [2.05, 4.69) is 26.0 Å². The van der Waals surface area contributed by atoms with Gasteiger partial charge in [0.15, 0.2) is 0 Å². The Balaban J connectivity index is 2.36. The molecule has 2 aromatic rings. The zero-order chi connectivity index (χ0) is 15.6. The zero-order valence-electron chi connectivity index (χ0n) is 11.0. The van der Waals surface area contributed by atoms with Gasteiger partial charge < -0.3 is 11.1 Å². The van der Waals surface area contributed by atoms with E-state index in [1.807, 2.05) is 6.07 Å². The molecule has 0 amide bonds. The zero-order valence-corrected chi connectivity index (χ0v) is 14.2. The van der Waals surface area contributed by atoms with Gasteiger partial charge in [0, 0.05) is 5.69 Å². The Morgan fingerprint density at radius 3 is 2.57 bits per heavy atom. The minimum absolute atomic E-state index is 0.0423. The predicted octanol–water partition coefficient (Wildman–Crippen LogP) is 3.34. The maximum absolute atomic E-state index is 11.8. The van der Waals surface area contributed by atoms with Crippen molar-refractivity contribution in [2.45, 2.75) is 4.90 Å². The van der Waals surface area contributed by atoms with Gasteiger partial charge in [-0.05, 0) is 53.3 Å². The Labute approximate surface area is 136 Å². The summed E-state index contributed by atoms with van der Waals surface area (Å²) in [4.78, 5) is 0.0423. The third-order valence-electron chi connectivity index (χ3n) is 2.80. The SMILES string of the molecule is CNS(=O)(=O)c1ccc(Nc2cccc(Cl)c2Br)cc1N. The number of halogens is 2. The van der Waals surface area contributed by atoms with E-state index in [1.54, 1.807) is 24.3 Å². The molecular formula is C13H13BrClN3O2S. The minimum atomic E-state index is -3.57. The van der Waals surface area contributed by atoms with Crippen molar-refractivity contribution in [3.05, 3.63) is 45.9 Å². The van der Waals surface area contributed by atoms with E-state index < -0.39 is 10.0 Å². The highest BCUT2D eigenvalue weighted by atomic mass is 79.9. The summed E-state index contributed by atoms with van der Waals surface area (Å²) in [7, 11) is -2.23. The summed E-state index contributed by atoms with van der Waals surface area (Å²) in [5, 5.41) is 3.70. The van der Waals surface area contributed by atoms with Crippen molar-refractivity contribution >= 4 is 54.6 Å². The smallest absolute Gasteiger partial charge is 0.242 e. The van der Waals surface area contributed by atoms with Crippen LogP contribution in [0.5, 0.6) is 0 Å². The molecule has 4 N–H and O–H groups in total. The van der Waals surface area contributed by atoms with Crippen molar-refractivity contribution < 1.29 is 8.42 Å². The molecule has 2 aromatic carbocycles. The summed E-state index contributed by atoms with van der Waals surface area (Å²) in [6.07, 6.45) is 0. The molecule has 0 fully saturated rings. The van der Waals surface area contributed by atoms with E-state index in [4.69, 9.17) is 17.3 Å². The monoisotopic (exact) mass is 389 g/mol. The van der Waals surface area contributed by atoms with Crippen molar-refractivity contribution in [3.8, 4) is 0 Å². The van der Waals surface area contributed by atoms with Crippen molar-refractivity contribution in [2.24, 2.45) is 0 Å². The maximum Gasteiger partial charge on any atom is 0.242 e. The molecule has 5 nitrogen and oxygen atoms in total. The van der Waals surface area contributed by atoms with Gasteiger partial charge in [-0.15, -0.1) is 0 Å². The number of nitrogen functional groups attached to an aromatic ring is 1. The second kappa shape index (κ2) is 6.23. The van der Waals surface area contributed by atoms with Gasteiger partial charge in [0.25, 0.3) is 0 Å². The molecule has 0 aromatic heterocycles. The van der Waals surface area contributed by atoms with E-state index in [0.717, 1.165) is 10.2 Å². The fraction of sp³-hybridized carbons (Fsp3) is 0.0769. The third kappa shape index (κ3) is 3.49. The average molecular weight is 391 g/mol. The largest absolute Gasteiger partial charge is 0.398 e. The van der Waals surface area contributed by atoms with Crippen LogP contribution in [-0.2, 0) is 10.0 Å². The molecule has 0 atom stereocenters. The van der Waals surface area contributed by atoms with Crippen LogP contribution >= 0.6 is 27.5 Å². The molecule has 0 aliphatic heterocycles. The fourth-order valence-corrected chi connectivity index (χ4v) is 3.11. The van der Waals surface area contributed by atoms with Gasteiger partial charge in [-0.1, -0.05) is 17.7 Å². The molecule has 0 radical (unpaired) electrons. The molecular weight excluding hydrogens is 378 g/mol. The highest BCUT2D eigenvalue weighted by Crippen LogP contribution is 2.33. The lowest BCUT2D eigenvalue weighted by Gasteiger charge is -2.12. The molecule has 0 unspecified atom stereocenters. The summed E-state index contributed by atoms with van der Waals surface area (Å²) in [5.41, 5.74) is 7.38. The Morgan fingerprint density at radius 2 is 1.95 bits per heavy atom. The second-order valence-corrected chi connectivity index (χ2v) is 7.24. The van der Waals surface area contributed by atoms with Gasteiger partial charge in [-0.25, -0.2) is 13.1 Å². The lowest BCUT2D eigenvalue weighted by atomic mass is 10.2. The van der Waals surface area contributed by atoms with Crippen LogP contribution in [0, 0.1) is 0 Å². The second-order valence-electron chi connectivity index (χ2n) is 4.19. The van der Waals surface area contributed by atoms with Crippen molar-refractivity contribution in [1.29, 1.82) is 0 Å². The summed E-state index contributed by atoms with van der Waals surface area (Å²) in [6, 6.07) is 10.0. The molecule has 0 heterocycles. The van der Waals surface area contributed by atoms with Crippen LogP contribution in [0.4, 0.5) is 17.1 Å². The topological polar surface area (TPSA) is 84.2 Å². The van der Waals surface area contributed by atoms with Crippen LogP contribution in [0.2, 0.25) is 5.02 Å². The third-order valence-corrected chi connectivity index (χ3v) is 5.68. The van der Waals surface area contributed by atoms with Gasteiger partial charge in [-0.3, -0.25) is 0 Å². The Hall–Kier alpha value is -1.28. The Morgan fingerprint density at radius 1 is 1.24 bits per heavy atom. The maximum atomic E-state index is 11.8. The highest BCUT2D eigenvalue weighted by Gasteiger charge is 2.15. The normalized spacial score (nSPS) is 11.4. The standard InChI is InChI=1S/C13H13BrClN3O2S/c1-17-21(19,20)12-6-5-8(7-10(12)16)18-11-4-2-3-9(15)13(11)14/h2-7,17-18H,16H2,1H3. The molecule has 0 saturated heterocycles. The van der Waals surface area contributed by atoms with Crippen LogP contribution < -0.4 is 15.8 Å². The first kappa shape index (κ1) is 16.1. The number of hydrogen-bond donors (Lipinski definition) is 3. The van der Waals surface area contributed by atoms with E-state index in [0.29, 0.717) is 10.7 Å². The van der Waals surface area contributed by atoms with Gasteiger partial charge in [-0.2, -0.15) is 0 Å². The van der Waals surface area contributed by atoms with Crippen molar-refractivity contribution in [3.63, 3.8) is 0 Å². The molecule has 112 valence electrons. The van der Waals surface area contributed by atoms with Crippen LogP contribution in [0.3, 0.4) is 0 Å². The fourth-order valence-electron chi connectivity index (χ4n) is 1.74. The first-order valence-corrected chi connectivity index (χ1v) is 8.54. The molecule has 8 heteroatoms. The van der Waals surface area contributed by atoms with Crippen LogP contribution in [0.1, 0.15) is 0 Å². The number of rotatable bonds is 4. The van der Waals surface area contributed by atoms with Crippen LogP contribution in [0.15, 0.2) is 45.8 Å². The summed E-state index contributed by atoms with van der Waals surface area (Å²) in [6.45, 7) is 0. The van der Waals surface area contributed by atoms with Gasteiger partial charge in [0.05, 0.1) is 20.9 Å². The molecule has 0 aliphatic carbocycles. The summed E-state index contributed by atoms with van der Waals surface area (Å²) in [5.74, 6) is 0. The summed E-state index contributed by atoms with van der Waals surface area (Å²) < 4.78 is 26.5. The Bertz CT molecular complexity index is 781. The first-order chi connectivity index (χ1) is 9.85.